The molecule has 0 aliphatic carbocycles. The first-order valence-corrected chi connectivity index (χ1v) is 44.1. The number of ether oxygens (including phenoxy) is 4. The molecule has 0 amide bonds. The van der Waals surface area contributed by atoms with E-state index in [0.29, 0.717) is 38.5 Å². The van der Waals surface area contributed by atoms with Gasteiger partial charge >= 0.3 is 39.5 Å². The lowest BCUT2D eigenvalue weighted by Gasteiger charge is -2.21. The van der Waals surface area contributed by atoms with Crippen LogP contribution in [0.5, 0.6) is 0 Å². The highest BCUT2D eigenvalue weighted by Gasteiger charge is 2.30. The number of esters is 4. The molecule has 0 aromatic carbocycles. The van der Waals surface area contributed by atoms with Gasteiger partial charge in [0.1, 0.15) is 19.3 Å². The van der Waals surface area contributed by atoms with E-state index in [1.807, 2.05) is 30.4 Å². The molecule has 2 unspecified atom stereocenters. The third kappa shape index (κ3) is 77.1. The molecule has 0 bridgehead atoms. The number of carbonyl (C=O) groups is 4. The Hall–Kier alpha value is -5.06. The fraction of sp³-hybridized carbons (Fsp3) is 0.678. The highest BCUT2D eigenvalue weighted by molar-refractivity contribution is 7.47. The molecule has 0 heterocycles. The van der Waals surface area contributed by atoms with Gasteiger partial charge in [0.2, 0.25) is 0 Å². The number of allylic oxidation sites excluding steroid dienone is 24. The highest BCUT2D eigenvalue weighted by Crippen LogP contribution is 2.45. The van der Waals surface area contributed by atoms with Gasteiger partial charge < -0.3 is 33.8 Å². The summed E-state index contributed by atoms with van der Waals surface area (Å²) in [6, 6.07) is 0. The van der Waals surface area contributed by atoms with E-state index in [0.717, 1.165) is 135 Å². The first-order chi connectivity index (χ1) is 51.7. The molecule has 0 saturated carbocycles. The Morgan fingerprint density at radius 2 is 0.519 bits per heavy atom. The van der Waals surface area contributed by atoms with Crippen LogP contribution in [-0.2, 0) is 65.4 Å². The van der Waals surface area contributed by atoms with Crippen LogP contribution in [0.2, 0.25) is 0 Å². The SMILES string of the molecule is CC/C=C\C/C=C\C/C=C\C/C=C\C/C=C\C/C=C\CCC(=O)O[C@H](COC(=O)CCCCCCC/C=C\CCCCCCCC)COP(=O)(O)OC[C@H](O)COP(=O)(O)OC[C@@H](COC(=O)CCC/C=C\C/C=C\C/C=C\C/C=C\CCCCC)OC(=O)CCCCCCC/C=C\CCCCCCCC. The molecule has 0 rings (SSSR count). The van der Waals surface area contributed by atoms with Gasteiger partial charge in [-0.2, -0.15) is 0 Å². The van der Waals surface area contributed by atoms with Crippen LogP contribution in [0.4, 0.5) is 0 Å². The second-order valence-electron chi connectivity index (χ2n) is 27.0. The number of aliphatic hydroxyl groups is 1. The summed E-state index contributed by atoms with van der Waals surface area (Å²) in [7, 11) is -10.0. The molecule has 0 saturated heterocycles. The number of carbonyl (C=O) groups excluding carboxylic acids is 4. The van der Waals surface area contributed by atoms with Gasteiger partial charge in [0, 0.05) is 25.7 Å². The Kier molecular flexibility index (Phi) is 74.3. The summed E-state index contributed by atoms with van der Waals surface area (Å²) in [6.07, 6.45) is 89.9. The van der Waals surface area contributed by atoms with Crippen molar-refractivity contribution in [2.45, 2.75) is 341 Å². The van der Waals surface area contributed by atoms with Gasteiger partial charge in [-0.3, -0.25) is 37.3 Å². The molecule has 3 N–H and O–H groups in total. The molecule has 0 aliphatic rings. The number of hydrogen-bond donors (Lipinski definition) is 3. The van der Waals surface area contributed by atoms with Crippen LogP contribution in [0.25, 0.3) is 0 Å². The molecule has 0 radical (unpaired) electrons. The van der Waals surface area contributed by atoms with Gasteiger partial charge in [-0.25, -0.2) is 9.13 Å². The van der Waals surface area contributed by atoms with Gasteiger partial charge in [-0.15, -0.1) is 0 Å². The Balaban J connectivity index is 5.50. The molecule has 17 nitrogen and oxygen atoms in total. The maximum atomic E-state index is 13.1. The Morgan fingerprint density at radius 3 is 0.877 bits per heavy atom. The van der Waals surface area contributed by atoms with Crippen LogP contribution in [0.15, 0.2) is 146 Å². The molecule has 0 aliphatic heterocycles. The number of hydrogen-bond acceptors (Lipinski definition) is 15. The zero-order valence-corrected chi connectivity index (χ0v) is 68.1. The first-order valence-electron chi connectivity index (χ1n) is 41.1. The Morgan fingerprint density at radius 1 is 0.274 bits per heavy atom. The topological polar surface area (TPSA) is 237 Å². The minimum absolute atomic E-state index is 0.0366. The van der Waals surface area contributed by atoms with Gasteiger partial charge in [-0.1, -0.05) is 289 Å². The van der Waals surface area contributed by atoms with Gasteiger partial charge in [-0.05, 0) is 154 Å². The quantitative estimate of drug-likeness (QED) is 0.0169. The van der Waals surface area contributed by atoms with E-state index in [1.54, 1.807) is 0 Å². The smallest absolute Gasteiger partial charge is 0.462 e. The van der Waals surface area contributed by atoms with E-state index in [-0.39, 0.29) is 25.7 Å². The molecule has 606 valence electrons. The molecular formula is C87H146O17P2. The van der Waals surface area contributed by atoms with E-state index in [1.165, 1.54) is 96.3 Å². The van der Waals surface area contributed by atoms with Crippen molar-refractivity contribution in [3.8, 4) is 0 Å². The summed E-state index contributed by atoms with van der Waals surface area (Å²) in [6.45, 7) is 4.57. The maximum absolute atomic E-state index is 13.1. The summed E-state index contributed by atoms with van der Waals surface area (Å²) >= 11 is 0. The molecular weight excluding hydrogens is 1380 g/mol. The lowest BCUT2D eigenvalue weighted by atomic mass is 10.1. The highest BCUT2D eigenvalue weighted by atomic mass is 31.2. The predicted molar refractivity (Wildman–Crippen MR) is 436 cm³/mol. The van der Waals surface area contributed by atoms with Crippen molar-refractivity contribution in [1.29, 1.82) is 0 Å². The molecule has 106 heavy (non-hydrogen) atoms. The largest absolute Gasteiger partial charge is 0.472 e. The van der Waals surface area contributed by atoms with Crippen molar-refractivity contribution < 1.29 is 80.2 Å². The van der Waals surface area contributed by atoms with Crippen molar-refractivity contribution in [3.63, 3.8) is 0 Å². The second-order valence-corrected chi connectivity index (χ2v) is 29.9. The molecule has 0 aromatic rings. The standard InChI is InChI=1S/C87H146O17P2/c1-5-9-13-17-21-25-29-33-37-39-40-42-46-50-54-58-62-66-70-74-87(92)104-83(77-97-84(89)71-67-63-59-55-51-47-43-35-31-27-23-19-15-11-7-3)80-102-106(95,96)100-76-81(88)75-99-105(93,94)101-79-82(103-86(91)73-69-65-61-57-53-49-44-36-32-28-24-20-16-12-8-4)78-98-85(90)72-68-64-60-56-52-48-45-41-38-34-30-26-22-18-14-10-6-2/h9,13,21-22,25-26,33-38,40,42-45,48,50,54,56,60,62,66,81-83,88H,5-8,10-12,14-20,23-24,27-32,39,41,46-47,49,51-53,55,57-59,61,63-65,67-80H2,1-4H3,(H,93,94)(H,95,96)/b13-9-,25-21-,26-22-,37-33-,38-34-,42-40-,43-35-,44-36-,48-45-,54-50-,60-56-,66-62-/t81-,82-,83-/m1/s1. The number of phosphoric acid groups is 2. The van der Waals surface area contributed by atoms with Crippen LogP contribution in [0.3, 0.4) is 0 Å². The minimum Gasteiger partial charge on any atom is -0.462 e. The van der Waals surface area contributed by atoms with Crippen molar-refractivity contribution >= 4 is 39.5 Å². The summed E-state index contributed by atoms with van der Waals surface area (Å²) in [5, 5.41) is 10.6. The van der Waals surface area contributed by atoms with E-state index >= 15 is 0 Å². The van der Waals surface area contributed by atoms with Gasteiger partial charge in [0.05, 0.1) is 26.4 Å². The zero-order valence-electron chi connectivity index (χ0n) is 66.3. The molecule has 0 spiro atoms. The monoisotopic (exact) mass is 1530 g/mol. The van der Waals surface area contributed by atoms with E-state index in [9.17, 15) is 43.2 Å². The fourth-order valence-corrected chi connectivity index (χ4v) is 12.1. The normalized spacial score (nSPS) is 14.6. The molecule has 0 fully saturated rings. The number of phosphoric ester groups is 2. The average Bonchev–Trinajstić information content (AvgIpc) is 0.908. The van der Waals surface area contributed by atoms with Gasteiger partial charge in [0.25, 0.3) is 0 Å². The van der Waals surface area contributed by atoms with E-state index < -0.39 is 97.5 Å². The van der Waals surface area contributed by atoms with Crippen LogP contribution in [-0.4, -0.2) is 96.7 Å². The molecule has 19 heteroatoms. The lowest BCUT2D eigenvalue weighted by Crippen LogP contribution is -2.30. The zero-order chi connectivity index (χ0) is 77.4. The second kappa shape index (κ2) is 78.1. The van der Waals surface area contributed by atoms with Crippen LogP contribution >= 0.6 is 15.6 Å². The van der Waals surface area contributed by atoms with Crippen LogP contribution in [0.1, 0.15) is 323 Å². The minimum atomic E-state index is -5.01. The van der Waals surface area contributed by atoms with Gasteiger partial charge in [0.15, 0.2) is 12.2 Å². The van der Waals surface area contributed by atoms with E-state index in [2.05, 4.69) is 143 Å². The van der Waals surface area contributed by atoms with Crippen LogP contribution in [0, 0.1) is 0 Å². The lowest BCUT2D eigenvalue weighted by molar-refractivity contribution is -0.161. The number of rotatable bonds is 76. The maximum Gasteiger partial charge on any atom is 0.472 e. The molecule has 0 aromatic heterocycles. The average molecular weight is 1530 g/mol. The van der Waals surface area contributed by atoms with E-state index in [4.69, 9.17) is 37.0 Å². The third-order valence-corrected chi connectivity index (χ3v) is 18.7. The number of unbranched alkanes of at least 4 members (excludes halogenated alkanes) is 26. The summed E-state index contributed by atoms with van der Waals surface area (Å²) in [5.41, 5.74) is 0. The van der Waals surface area contributed by atoms with Crippen molar-refractivity contribution in [3.05, 3.63) is 146 Å². The predicted octanol–water partition coefficient (Wildman–Crippen LogP) is 24.2. The Bertz CT molecular complexity index is 2580. The summed E-state index contributed by atoms with van der Waals surface area (Å²) < 4.78 is 68.5. The van der Waals surface area contributed by atoms with Crippen molar-refractivity contribution in [1.82, 2.24) is 0 Å². The van der Waals surface area contributed by atoms with Crippen LogP contribution < -0.4 is 0 Å². The van der Waals surface area contributed by atoms with Crippen molar-refractivity contribution in [2.75, 3.05) is 39.6 Å². The summed E-state index contributed by atoms with van der Waals surface area (Å²) in [4.78, 5) is 73.0. The molecule has 5 atom stereocenters. The number of aliphatic hydroxyl groups excluding tert-OH is 1. The van der Waals surface area contributed by atoms with Crippen molar-refractivity contribution in [2.24, 2.45) is 0 Å². The third-order valence-electron chi connectivity index (χ3n) is 16.8. The Labute approximate surface area is 643 Å². The first kappa shape index (κ1) is 101. The summed E-state index contributed by atoms with van der Waals surface area (Å²) in [5.74, 6) is -2.36. The fourth-order valence-electron chi connectivity index (χ4n) is 10.5.